The van der Waals surface area contributed by atoms with Gasteiger partial charge in [0.15, 0.2) is 5.16 Å². The predicted octanol–water partition coefficient (Wildman–Crippen LogP) is 2.46. The van der Waals surface area contributed by atoms with Crippen molar-refractivity contribution in [1.29, 1.82) is 5.26 Å². The highest BCUT2D eigenvalue weighted by atomic mass is 32.2. The first-order valence-corrected chi connectivity index (χ1v) is 8.04. The van der Waals surface area contributed by atoms with Gasteiger partial charge < -0.3 is 0 Å². The van der Waals surface area contributed by atoms with Crippen molar-refractivity contribution in [1.82, 2.24) is 20.5 Å². The molecule has 2 aromatic rings. The maximum absolute atomic E-state index is 9.81. The highest BCUT2D eigenvalue weighted by Crippen LogP contribution is 2.32. The molecule has 0 bridgehead atoms. The molecule has 0 spiro atoms. The largest absolute Gasteiger partial charge is 0.293 e. The van der Waals surface area contributed by atoms with Gasteiger partial charge in [-0.05, 0) is 24.8 Å². The first kappa shape index (κ1) is 14.1. The van der Waals surface area contributed by atoms with Gasteiger partial charge in [0.25, 0.3) is 0 Å². The minimum atomic E-state index is -0.616. The Morgan fingerprint density at radius 3 is 2.81 bits per heavy atom. The molecule has 108 valence electrons. The summed E-state index contributed by atoms with van der Waals surface area (Å²) in [5.41, 5.74) is 0.424. The molecule has 1 saturated carbocycles. The number of hydrogen-bond acceptors (Lipinski definition) is 5. The van der Waals surface area contributed by atoms with Crippen molar-refractivity contribution < 1.29 is 0 Å². The summed E-state index contributed by atoms with van der Waals surface area (Å²) < 4.78 is 0. The minimum absolute atomic E-state index is 0.472. The topological polar surface area (TPSA) is 77.4 Å². The van der Waals surface area contributed by atoms with Gasteiger partial charge in [-0.15, -0.1) is 0 Å². The third kappa shape index (κ3) is 3.43. The molecule has 1 aromatic heterocycles. The molecule has 1 aliphatic rings. The molecule has 0 aliphatic heterocycles. The summed E-state index contributed by atoms with van der Waals surface area (Å²) in [6.07, 6.45) is 4.55. The number of nitriles is 1. The first-order chi connectivity index (χ1) is 10.3. The van der Waals surface area contributed by atoms with E-state index in [1.807, 2.05) is 30.3 Å². The molecule has 0 saturated heterocycles. The molecule has 6 heteroatoms. The Kier molecular flexibility index (Phi) is 4.23. The van der Waals surface area contributed by atoms with Crippen molar-refractivity contribution in [2.75, 3.05) is 5.75 Å². The fourth-order valence-corrected chi connectivity index (χ4v) is 3.16. The molecule has 1 heterocycles. The summed E-state index contributed by atoms with van der Waals surface area (Å²) in [4.78, 5) is 4.10. The molecule has 2 N–H and O–H groups in total. The maximum atomic E-state index is 9.81. The fraction of sp³-hybridized carbons (Fsp3) is 0.400. The third-order valence-electron chi connectivity index (χ3n) is 3.59. The zero-order valence-electron chi connectivity index (χ0n) is 11.6. The van der Waals surface area contributed by atoms with Crippen LogP contribution in [0.1, 0.15) is 24.8 Å². The van der Waals surface area contributed by atoms with Crippen LogP contribution in [-0.4, -0.2) is 27.0 Å². The summed E-state index contributed by atoms with van der Waals surface area (Å²) in [7, 11) is 0. The molecule has 5 nitrogen and oxygen atoms in total. The normalized spacial score (nSPS) is 17.1. The first-order valence-electron chi connectivity index (χ1n) is 7.05. The van der Waals surface area contributed by atoms with Gasteiger partial charge in [0, 0.05) is 11.8 Å². The third-order valence-corrected chi connectivity index (χ3v) is 4.47. The standard InChI is InChI=1S/C15H17N5S/c16-10-15(19-13-6-7-13,12-4-2-1-3-5-12)8-9-21-14-17-11-18-20-14/h1-5,11,13,19H,6-9H2,(H,17,18,20). The van der Waals surface area contributed by atoms with E-state index in [0.717, 1.165) is 35.7 Å². The van der Waals surface area contributed by atoms with Crippen LogP contribution in [0.15, 0.2) is 41.8 Å². The lowest BCUT2D eigenvalue weighted by molar-refractivity contribution is 0.412. The van der Waals surface area contributed by atoms with Crippen molar-refractivity contribution in [3.63, 3.8) is 0 Å². The van der Waals surface area contributed by atoms with Crippen LogP contribution >= 0.6 is 11.8 Å². The van der Waals surface area contributed by atoms with Crippen LogP contribution in [0, 0.1) is 11.3 Å². The van der Waals surface area contributed by atoms with Crippen molar-refractivity contribution in [2.45, 2.75) is 36.0 Å². The zero-order chi connectivity index (χ0) is 14.5. The van der Waals surface area contributed by atoms with Gasteiger partial charge in [-0.1, -0.05) is 42.1 Å². The highest BCUT2D eigenvalue weighted by Gasteiger charge is 2.37. The summed E-state index contributed by atoms with van der Waals surface area (Å²) in [6, 6.07) is 13.0. The molecule has 1 fully saturated rings. The number of aromatic amines is 1. The van der Waals surface area contributed by atoms with E-state index in [1.54, 1.807) is 11.8 Å². The Balaban J connectivity index is 1.73. The van der Waals surface area contributed by atoms with E-state index in [-0.39, 0.29) is 0 Å². The van der Waals surface area contributed by atoms with Gasteiger partial charge in [0.05, 0.1) is 6.07 Å². The SMILES string of the molecule is N#CC(CCSc1ncn[nH]1)(NC1CC1)c1ccccc1. The number of rotatable bonds is 7. The minimum Gasteiger partial charge on any atom is -0.293 e. The van der Waals surface area contributed by atoms with Crippen LogP contribution in [0.4, 0.5) is 0 Å². The number of aromatic nitrogens is 3. The fourth-order valence-electron chi connectivity index (χ4n) is 2.32. The van der Waals surface area contributed by atoms with Crippen molar-refractivity contribution in [3.8, 4) is 6.07 Å². The quantitative estimate of drug-likeness (QED) is 0.768. The van der Waals surface area contributed by atoms with Crippen molar-refractivity contribution in [2.24, 2.45) is 0 Å². The van der Waals surface area contributed by atoms with E-state index in [9.17, 15) is 5.26 Å². The van der Waals surface area contributed by atoms with Gasteiger partial charge in [-0.25, -0.2) is 4.98 Å². The van der Waals surface area contributed by atoms with Crippen LogP contribution in [-0.2, 0) is 5.54 Å². The van der Waals surface area contributed by atoms with Crippen molar-refractivity contribution in [3.05, 3.63) is 42.2 Å². The van der Waals surface area contributed by atoms with Crippen LogP contribution in [0.25, 0.3) is 0 Å². The molecule has 1 atom stereocenters. The number of H-pyrrole nitrogens is 1. The maximum Gasteiger partial charge on any atom is 0.183 e. The van der Waals surface area contributed by atoms with E-state index >= 15 is 0 Å². The molecule has 0 amide bonds. The average molecular weight is 299 g/mol. The van der Waals surface area contributed by atoms with Crippen LogP contribution in [0.2, 0.25) is 0 Å². The Morgan fingerprint density at radius 1 is 1.38 bits per heavy atom. The molecular weight excluding hydrogens is 282 g/mol. The van der Waals surface area contributed by atoms with Gasteiger partial charge in [-0.2, -0.15) is 10.4 Å². The zero-order valence-corrected chi connectivity index (χ0v) is 12.4. The second kappa shape index (κ2) is 6.29. The molecule has 3 rings (SSSR count). The highest BCUT2D eigenvalue weighted by molar-refractivity contribution is 7.99. The Morgan fingerprint density at radius 2 is 2.19 bits per heavy atom. The van der Waals surface area contributed by atoms with Gasteiger partial charge in [-0.3, -0.25) is 10.4 Å². The summed E-state index contributed by atoms with van der Waals surface area (Å²) in [6.45, 7) is 0. The molecule has 1 aromatic carbocycles. The van der Waals surface area contributed by atoms with E-state index in [4.69, 9.17) is 0 Å². The summed E-state index contributed by atoms with van der Waals surface area (Å²) in [5, 5.41) is 20.8. The Labute approximate surface area is 128 Å². The molecule has 0 radical (unpaired) electrons. The summed E-state index contributed by atoms with van der Waals surface area (Å²) in [5.74, 6) is 0.803. The van der Waals surface area contributed by atoms with Gasteiger partial charge in [0.2, 0.25) is 0 Å². The molecule has 1 aliphatic carbocycles. The lowest BCUT2D eigenvalue weighted by atomic mass is 9.88. The van der Waals surface area contributed by atoms with E-state index in [0.29, 0.717) is 6.04 Å². The van der Waals surface area contributed by atoms with E-state index < -0.39 is 5.54 Å². The van der Waals surface area contributed by atoms with Crippen LogP contribution in [0.5, 0.6) is 0 Å². The number of benzene rings is 1. The Hall–Kier alpha value is -1.84. The lowest BCUT2D eigenvalue weighted by Crippen LogP contribution is -2.43. The number of nitrogens with zero attached hydrogens (tertiary/aromatic N) is 3. The van der Waals surface area contributed by atoms with E-state index in [1.165, 1.54) is 6.33 Å². The second-order valence-electron chi connectivity index (χ2n) is 5.19. The molecule has 21 heavy (non-hydrogen) atoms. The molecule has 1 unspecified atom stereocenters. The van der Waals surface area contributed by atoms with E-state index in [2.05, 4.69) is 26.6 Å². The Bertz CT molecular complexity index is 603. The number of thioether (sulfide) groups is 1. The van der Waals surface area contributed by atoms with Gasteiger partial charge >= 0.3 is 0 Å². The van der Waals surface area contributed by atoms with Crippen molar-refractivity contribution >= 4 is 11.8 Å². The molecular formula is C15H17N5S. The lowest BCUT2D eigenvalue weighted by Gasteiger charge is -2.28. The summed E-state index contributed by atoms with van der Waals surface area (Å²) >= 11 is 1.59. The van der Waals surface area contributed by atoms with Crippen LogP contribution < -0.4 is 5.32 Å². The smallest absolute Gasteiger partial charge is 0.183 e. The average Bonchev–Trinajstić information content (AvgIpc) is 3.19. The number of hydrogen-bond donors (Lipinski definition) is 2. The predicted molar refractivity (Wildman–Crippen MR) is 81.6 cm³/mol. The van der Waals surface area contributed by atoms with Gasteiger partial charge in [0.1, 0.15) is 11.9 Å². The van der Waals surface area contributed by atoms with Crippen LogP contribution in [0.3, 0.4) is 0 Å². The monoisotopic (exact) mass is 299 g/mol. The second-order valence-corrected chi connectivity index (χ2v) is 6.27. The number of nitrogens with one attached hydrogen (secondary N) is 2.